The molecule has 0 unspecified atom stereocenters. The molecular weight excluding hydrogens is 180 g/mol. The summed E-state index contributed by atoms with van der Waals surface area (Å²) in [6.07, 6.45) is 4.85. The van der Waals surface area contributed by atoms with Crippen LogP contribution in [0.25, 0.3) is 5.70 Å². The summed E-state index contributed by atoms with van der Waals surface area (Å²) in [6.45, 7) is 0.867. The lowest BCUT2D eigenvalue weighted by atomic mass is 10.3. The Hall–Kier alpha value is -0.960. The summed E-state index contributed by atoms with van der Waals surface area (Å²) in [6, 6.07) is 4.50. The average molecular weight is 192 g/mol. The molecule has 3 heteroatoms. The van der Waals surface area contributed by atoms with Crippen LogP contribution < -0.4 is 10.6 Å². The van der Waals surface area contributed by atoms with E-state index in [1.165, 1.54) is 23.4 Å². The summed E-state index contributed by atoms with van der Waals surface area (Å²) in [7, 11) is 0. The molecule has 1 aromatic rings. The van der Waals surface area contributed by atoms with Crippen molar-refractivity contribution in [2.75, 3.05) is 6.67 Å². The van der Waals surface area contributed by atoms with Crippen molar-refractivity contribution < 1.29 is 0 Å². The van der Waals surface area contributed by atoms with Gasteiger partial charge in [-0.3, -0.25) is 0 Å². The van der Waals surface area contributed by atoms with Gasteiger partial charge in [0, 0.05) is 11.1 Å². The zero-order valence-corrected chi connectivity index (χ0v) is 8.16. The Morgan fingerprint density at radius 1 is 1.31 bits per heavy atom. The first-order chi connectivity index (χ1) is 6.43. The molecule has 1 aromatic heterocycles. The Balaban J connectivity index is 1.87. The highest BCUT2D eigenvalue weighted by Crippen LogP contribution is 2.43. The minimum Gasteiger partial charge on any atom is -0.372 e. The zero-order valence-electron chi connectivity index (χ0n) is 7.34. The first-order valence-electron chi connectivity index (χ1n) is 4.71. The SMILES string of the molecule is C1=C(c2ccc(C3CC3)s2)NCN1. The molecule has 0 amide bonds. The van der Waals surface area contributed by atoms with Crippen molar-refractivity contribution in [3.8, 4) is 0 Å². The second-order valence-electron chi connectivity index (χ2n) is 3.59. The van der Waals surface area contributed by atoms with Crippen molar-refractivity contribution in [2.45, 2.75) is 18.8 Å². The van der Waals surface area contributed by atoms with Crippen LogP contribution in [0.4, 0.5) is 0 Å². The van der Waals surface area contributed by atoms with E-state index in [0.717, 1.165) is 12.6 Å². The van der Waals surface area contributed by atoms with E-state index in [1.54, 1.807) is 4.88 Å². The van der Waals surface area contributed by atoms with Crippen LogP contribution in [0.3, 0.4) is 0 Å². The molecule has 1 fully saturated rings. The fourth-order valence-electron chi connectivity index (χ4n) is 1.59. The molecule has 0 saturated heterocycles. The Kier molecular flexibility index (Phi) is 1.59. The molecule has 2 heterocycles. The van der Waals surface area contributed by atoms with Crippen LogP contribution >= 0.6 is 11.3 Å². The average Bonchev–Trinajstić information content (AvgIpc) is 2.72. The van der Waals surface area contributed by atoms with Crippen LogP contribution in [0.5, 0.6) is 0 Å². The monoisotopic (exact) mass is 192 g/mol. The van der Waals surface area contributed by atoms with E-state index in [1.807, 2.05) is 11.3 Å². The van der Waals surface area contributed by atoms with Crippen LogP contribution in [0.2, 0.25) is 0 Å². The van der Waals surface area contributed by atoms with Gasteiger partial charge in [-0.05, 0) is 30.9 Å². The Morgan fingerprint density at radius 2 is 2.23 bits per heavy atom. The fourth-order valence-corrected chi connectivity index (χ4v) is 2.76. The Morgan fingerprint density at radius 3 is 2.92 bits per heavy atom. The highest BCUT2D eigenvalue weighted by molar-refractivity contribution is 7.13. The van der Waals surface area contributed by atoms with Crippen molar-refractivity contribution in [1.29, 1.82) is 0 Å². The number of hydrogen-bond donors (Lipinski definition) is 2. The molecule has 2 aliphatic rings. The lowest BCUT2D eigenvalue weighted by molar-refractivity contribution is 0.843. The maximum atomic E-state index is 3.31. The van der Waals surface area contributed by atoms with Gasteiger partial charge in [0.25, 0.3) is 0 Å². The first kappa shape index (κ1) is 7.44. The molecule has 13 heavy (non-hydrogen) atoms. The highest BCUT2D eigenvalue weighted by Gasteiger charge is 2.25. The molecule has 0 radical (unpaired) electrons. The predicted molar refractivity (Wildman–Crippen MR) is 55.4 cm³/mol. The molecule has 2 N–H and O–H groups in total. The summed E-state index contributed by atoms with van der Waals surface area (Å²) in [5.74, 6) is 0.883. The van der Waals surface area contributed by atoms with Crippen LogP contribution in [0.1, 0.15) is 28.5 Å². The van der Waals surface area contributed by atoms with Crippen molar-refractivity contribution in [3.05, 3.63) is 28.1 Å². The standard InChI is InChI=1S/C10H12N2S/c1-2-7(1)9-3-4-10(13-9)8-5-11-6-12-8/h3-5,7,11-12H,1-2,6H2. The van der Waals surface area contributed by atoms with Gasteiger partial charge in [0.05, 0.1) is 17.2 Å². The number of hydrogen-bond acceptors (Lipinski definition) is 3. The smallest absolute Gasteiger partial charge is 0.0846 e. The molecular formula is C10H12N2S. The Bertz CT molecular complexity index is 350. The van der Waals surface area contributed by atoms with Crippen molar-refractivity contribution >= 4 is 17.0 Å². The number of rotatable bonds is 2. The summed E-state index contributed by atoms with van der Waals surface area (Å²) < 4.78 is 0. The topological polar surface area (TPSA) is 24.1 Å². The second kappa shape index (κ2) is 2.77. The van der Waals surface area contributed by atoms with Gasteiger partial charge in [0.1, 0.15) is 0 Å². The normalized spacial score (nSPS) is 20.8. The van der Waals surface area contributed by atoms with E-state index >= 15 is 0 Å². The van der Waals surface area contributed by atoms with E-state index in [9.17, 15) is 0 Å². The van der Waals surface area contributed by atoms with Gasteiger partial charge in [-0.25, -0.2) is 0 Å². The highest BCUT2D eigenvalue weighted by atomic mass is 32.1. The van der Waals surface area contributed by atoms with Gasteiger partial charge in [0.15, 0.2) is 0 Å². The van der Waals surface area contributed by atoms with Crippen LogP contribution in [0, 0.1) is 0 Å². The van der Waals surface area contributed by atoms with E-state index in [4.69, 9.17) is 0 Å². The molecule has 2 nitrogen and oxygen atoms in total. The maximum Gasteiger partial charge on any atom is 0.0846 e. The third-order valence-corrected chi connectivity index (χ3v) is 3.78. The summed E-state index contributed by atoms with van der Waals surface area (Å²) >= 11 is 1.93. The third kappa shape index (κ3) is 1.33. The molecule has 0 spiro atoms. The van der Waals surface area contributed by atoms with Gasteiger partial charge in [-0.1, -0.05) is 0 Å². The molecule has 1 saturated carbocycles. The van der Waals surface area contributed by atoms with E-state index in [0.29, 0.717) is 0 Å². The lowest BCUT2D eigenvalue weighted by Gasteiger charge is -1.97. The second-order valence-corrected chi connectivity index (χ2v) is 4.71. The van der Waals surface area contributed by atoms with Crippen molar-refractivity contribution in [3.63, 3.8) is 0 Å². The zero-order chi connectivity index (χ0) is 8.67. The van der Waals surface area contributed by atoms with Gasteiger partial charge in [0.2, 0.25) is 0 Å². The van der Waals surface area contributed by atoms with E-state index in [2.05, 4.69) is 29.0 Å². The van der Waals surface area contributed by atoms with Gasteiger partial charge in [-0.2, -0.15) is 0 Å². The molecule has 0 aromatic carbocycles. The quantitative estimate of drug-likeness (QED) is 0.749. The number of nitrogens with one attached hydrogen (secondary N) is 2. The molecule has 0 bridgehead atoms. The first-order valence-corrected chi connectivity index (χ1v) is 5.53. The van der Waals surface area contributed by atoms with Gasteiger partial charge in [-0.15, -0.1) is 11.3 Å². The van der Waals surface area contributed by atoms with Crippen LogP contribution in [-0.2, 0) is 0 Å². The van der Waals surface area contributed by atoms with Gasteiger partial charge < -0.3 is 10.6 Å². The molecule has 68 valence electrons. The van der Waals surface area contributed by atoms with Crippen LogP contribution in [0.15, 0.2) is 18.3 Å². The summed E-state index contributed by atoms with van der Waals surface area (Å²) in [5.41, 5.74) is 1.25. The van der Waals surface area contributed by atoms with E-state index < -0.39 is 0 Å². The van der Waals surface area contributed by atoms with Crippen LogP contribution in [-0.4, -0.2) is 6.67 Å². The molecule has 1 aliphatic carbocycles. The largest absolute Gasteiger partial charge is 0.372 e. The summed E-state index contributed by atoms with van der Waals surface area (Å²) in [5, 5.41) is 6.46. The third-order valence-electron chi connectivity index (χ3n) is 2.50. The van der Waals surface area contributed by atoms with Crippen molar-refractivity contribution in [1.82, 2.24) is 10.6 Å². The number of thiophene rings is 1. The summed E-state index contributed by atoms with van der Waals surface area (Å²) in [4.78, 5) is 2.93. The molecule has 3 rings (SSSR count). The van der Waals surface area contributed by atoms with Gasteiger partial charge >= 0.3 is 0 Å². The predicted octanol–water partition coefficient (Wildman–Crippen LogP) is 2.07. The van der Waals surface area contributed by atoms with E-state index in [-0.39, 0.29) is 0 Å². The maximum absolute atomic E-state index is 3.31. The minimum atomic E-state index is 0.867. The minimum absolute atomic E-state index is 0.867. The molecule has 0 atom stereocenters. The lowest BCUT2D eigenvalue weighted by Crippen LogP contribution is -2.13. The fraction of sp³-hybridized carbons (Fsp3) is 0.400. The van der Waals surface area contributed by atoms with Crippen molar-refractivity contribution in [2.24, 2.45) is 0 Å². The molecule has 1 aliphatic heterocycles. The Labute approximate surface area is 81.7 Å².